The lowest BCUT2D eigenvalue weighted by molar-refractivity contribution is -0.140. The predicted octanol–water partition coefficient (Wildman–Crippen LogP) is 2.87. The Morgan fingerprint density at radius 1 is 1.31 bits per heavy atom. The number of aliphatic hydroxyl groups is 1. The number of likely N-dealkylation sites (tertiary alicyclic amines) is 2. The quantitative estimate of drug-likeness (QED) is 0.879. The van der Waals surface area contributed by atoms with Crippen LogP contribution in [0.5, 0.6) is 0 Å². The first-order valence-corrected chi connectivity index (χ1v) is 9.69. The van der Waals surface area contributed by atoms with E-state index in [0.717, 1.165) is 24.8 Å². The lowest BCUT2D eigenvalue weighted by Crippen LogP contribution is -2.53. The van der Waals surface area contributed by atoms with Gasteiger partial charge in [0.25, 0.3) is 5.91 Å². The molecule has 1 aromatic rings. The molecular weight excluding hydrogens is 352 g/mol. The molecule has 142 valence electrons. The zero-order valence-electron chi connectivity index (χ0n) is 15.5. The largest absolute Gasteiger partial charge is 0.392 e. The van der Waals surface area contributed by atoms with Gasteiger partial charge in [-0.1, -0.05) is 11.6 Å². The van der Waals surface area contributed by atoms with Crippen LogP contribution in [0.15, 0.2) is 18.2 Å². The summed E-state index contributed by atoms with van der Waals surface area (Å²) in [5.74, 6) is 0.180. The van der Waals surface area contributed by atoms with Crippen LogP contribution in [0.4, 0.5) is 0 Å². The van der Waals surface area contributed by atoms with Gasteiger partial charge in [0.15, 0.2) is 0 Å². The molecule has 1 unspecified atom stereocenters. The lowest BCUT2D eigenvalue weighted by Gasteiger charge is -2.47. The Morgan fingerprint density at radius 2 is 2.00 bits per heavy atom. The molecular formula is C20H27ClN2O3. The summed E-state index contributed by atoms with van der Waals surface area (Å²) < 4.78 is 0. The molecule has 5 nitrogen and oxygen atoms in total. The molecule has 1 spiro atoms. The number of piperidine rings is 2. The van der Waals surface area contributed by atoms with Crippen molar-refractivity contribution in [1.29, 1.82) is 0 Å². The molecule has 1 atom stereocenters. The number of hydrogen-bond donors (Lipinski definition) is 1. The van der Waals surface area contributed by atoms with Gasteiger partial charge < -0.3 is 14.9 Å². The van der Waals surface area contributed by atoms with E-state index in [0.29, 0.717) is 43.2 Å². The molecule has 0 aromatic heterocycles. The van der Waals surface area contributed by atoms with Gasteiger partial charge in [-0.3, -0.25) is 9.59 Å². The molecule has 26 heavy (non-hydrogen) atoms. The minimum Gasteiger partial charge on any atom is -0.392 e. The van der Waals surface area contributed by atoms with E-state index in [2.05, 4.69) is 0 Å². The van der Waals surface area contributed by atoms with Crippen molar-refractivity contribution in [3.8, 4) is 0 Å². The number of carbonyl (C=O) groups excluding carboxylic acids is 2. The van der Waals surface area contributed by atoms with Gasteiger partial charge in [-0.25, -0.2) is 0 Å². The van der Waals surface area contributed by atoms with Crippen LogP contribution >= 0.6 is 11.6 Å². The Balaban J connectivity index is 1.63. The van der Waals surface area contributed by atoms with Gasteiger partial charge in [-0.05, 0) is 62.3 Å². The molecule has 2 saturated heterocycles. The molecule has 6 heteroatoms. The van der Waals surface area contributed by atoms with Crippen molar-refractivity contribution < 1.29 is 14.7 Å². The van der Waals surface area contributed by atoms with Crippen LogP contribution in [-0.2, 0) is 4.79 Å². The van der Waals surface area contributed by atoms with Crippen LogP contribution in [-0.4, -0.2) is 59.0 Å². The minimum atomic E-state index is -0.510. The van der Waals surface area contributed by atoms with E-state index in [1.165, 1.54) is 0 Å². The van der Waals surface area contributed by atoms with Gasteiger partial charge >= 0.3 is 0 Å². The SMILES string of the molecule is Cc1cc(C(=O)N2CCC3(CCC(=O)N(CC(C)O)C3)CC2)ccc1Cl. The second kappa shape index (κ2) is 7.57. The minimum absolute atomic E-state index is 0.0485. The van der Waals surface area contributed by atoms with Gasteiger partial charge in [0.2, 0.25) is 5.91 Å². The third kappa shape index (κ3) is 4.04. The van der Waals surface area contributed by atoms with Crippen LogP contribution in [0, 0.1) is 12.3 Å². The van der Waals surface area contributed by atoms with Gasteiger partial charge in [-0.15, -0.1) is 0 Å². The summed E-state index contributed by atoms with van der Waals surface area (Å²) in [6.45, 7) is 6.12. The average molecular weight is 379 g/mol. The summed E-state index contributed by atoms with van der Waals surface area (Å²) in [5, 5.41) is 10.3. The molecule has 0 saturated carbocycles. The van der Waals surface area contributed by atoms with Crippen molar-refractivity contribution in [2.75, 3.05) is 26.2 Å². The zero-order valence-corrected chi connectivity index (χ0v) is 16.3. The van der Waals surface area contributed by atoms with Crippen LogP contribution < -0.4 is 0 Å². The van der Waals surface area contributed by atoms with Gasteiger partial charge in [0, 0.05) is 43.2 Å². The van der Waals surface area contributed by atoms with Crippen LogP contribution in [0.2, 0.25) is 5.02 Å². The molecule has 1 N–H and O–H groups in total. The normalized spacial score (nSPS) is 21.2. The maximum Gasteiger partial charge on any atom is 0.253 e. The maximum atomic E-state index is 12.8. The Morgan fingerprint density at radius 3 is 2.62 bits per heavy atom. The van der Waals surface area contributed by atoms with E-state index in [4.69, 9.17) is 11.6 Å². The first kappa shape index (κ1) is 19.2. The molecule has 2 fully saturated rings. The number of aryl methyl sites for hydroxylation is 1. The number of amides is 2. The van der Waals surface area contributed by atoms with Gasteiger partial charge in [-0.2, -0.15) is 0 Å². The predicted molar refractivity (Wildman–Crippen MR) is 101 cm³/mol. The van der Waals surface area contributed by atoms with E-state index in [1.807, 2.05) is 17.9 Å². The summed E-state index contributed by atoms with van der Waals surface area (Å²) >= 11 is 6.06. The topological polar surface area (TPSA) is 60.9 Å². The highest BCUT2D eigenvalue weighted by molar-refractivity contribution is 6.31. The molecule has 0 aliphatic carbocycles. The fourth-order valence-electron chi connectivity index (χ4n) is 4.14. The summed E-state index contributed by atoms with van der Waals surface area (Å²) in [6.07, 6.45) is 2.70. The number of rotatable bonds is 3. The summed E-state index contributed by atoms with van der Waals surface area (Å²) in [5.41, 5.74) is 1.66. The molecule has 2 aliphatic heterocycles. The molecule has 2 heterocycles. The lowest BCUT2D eigenvalue weighted by atomic mass is 9.72. The van der Waals surface area contributed by atoms with Gasteiger partial charge in [0.1, 0.15) is 0 Å². The van der Waals surface area contributed by atoms with Crippen molar-refractivity contribution in [3.63, 3.8) is 0 Å². The Labute approximate surface area is 159 Å². The van der Waals surface area contributed by atoms with E-state index in [-0.39, 0.29) is 17.2 Å². The van der Waals surface area contributed by atoms with Crippen LogP contribution in [0.25, 0.3) is 0 Å². The van der Waals surface area contributed by atoms with Crippen LogP contribution in [0.3, 0.4) is 0 Å². The average Bonchev–Trinajstić information content (AvgIpc) is 2.60. The van der Waals surface area contributed by atoms with Crippen molar-refractivity contribution in [2.24, 2.45) is 5.41 Å². The zero-order chi connectivity index (χ0) is 18.9. The van der Waals surface area contributed by atoms with E-state index in [9.17, 15) is 14.7 Å². The van der Waals surface area contributed by atoms with E-state index >= 15 is 0 Å². The second-order valence-electron chi connectivity index (χ2n) is 7.88. The number of nitrogens with zero attached hydrogens (tertiary/aromatic N) is 2. The number of β-amino-alcohol motifs (C(OH)–C–C–N with tert-alkyl or cyclic N) is 1. The number of hydrogen-bond acceptors (Lipinski definition) is 3. The number of benzene rings is 1. The Bertz CT molecular complexity index is 696. The standard InChI is InChI=1S/C20H27ClN2O3/c1-14-11-16(3-4-17(14)21)19(26)22-9-7-20(8-10-22)6-5-18(25)23(13-20)12-15(2)24/h3-4,11,15,24H,5-10,12-13H2,1-2H3. The Kier molecular flexibility index (Phi) is 5.58. The monoisotopic (exact) mass is 378 g/mol. The first-order chi connectivity index (χ1) is 12.3. The van der Waals surface area contributed by atoms with Crippen molar-refractivity contribution in [2.45, 2.75) is 45.6 Å². The highest BCUT2D eigenvalue weighted by Gasteiger charge is 2.41. The number of aliphatic hydroxyl groups excluding tert-OH is 1. The first-order valence-electron chi connectivity index (χ1n) is 9.31. The third-order valence-electron chi connectivity index (χ3n) is 5.75. The van der Waals surface area contributed by atoms with E-state index < -0.39 is 6.10 Å². The highest BCUT2D eigenvalue weighted by atomic mass is 35.5. The molecule has 2 aliphatic rings. The molecule has 0 radical (unpaired) electrons. The third-order valence-corrected chi connectivity index (χ3v) is 6.17. The summed E-state index contributed by atoms with van der Waals surface area (Å²) in [4.78, 5) is 28.6. The van der Waals surface area contributed by atoms with Crippen molar-refractivity contribution in [3.05, 3.63) is 34.3 Å². The van der Waals surface area contributed by atoms with Crippen molar-refractivity contribution in [1.82, 2.24) is 9.80 Å². The molecule has 2 amide bonds. The number of halogens is 1. The Hall–Kier alpha value is -1.59. The second-order valence-corrected chi connectivity index (χ2v) is 8.29. The van der Waals surface area contributed by atoms with Crippen LogP contribution in [0.1, 0.15) is 48.5 Å². The summed E-state index contributed by atoms with van der Waals surface area (Å²) in [6, 6.07) is 5.40. The van der Waals surface area contributed by atoms with Gasteiger partial charge in [0.05, 0.1) is 6.10 Å². The molecule has 3 rings (SSSR count). The fraction of sp³-hybridized carbons (Fsp3) is 0.600. The summed E-state index contributed by atoms with van der Waals surface area (Å²) in [7, 11) is 0. The smallest absolute Gasteiger partial charge is 0.253 e. The molecule has 1 aromatic carbocycles. The number of carbonyl (C=O) groups is 2. The fourth-order valence-corrected chi connectivity index (χ4v) is 4.26. The highest BCUT2D eigenvalue weighted by Crippen LogP contribution is 2.40. The van der Waals surface area contributed by atoms with E-state index in [1.54, 1.807) is 24.0 Å². The molecule has 0 bridgehead atoms. The van der Waals surface area contributed by atoms with Crippen molar-refractivity contribution >= 4 is 23.4 Å². The maximum absolute atomic E-state index is 12.8.